The number of carbonyl (C=O) groups is 1. The minimum atomic E-state index is -0.285. The van der Waals surface area contributed by atoms with Crippen molar-refractivity contribution >= 4 is 17.2 Å². The maximum absolute atomic E-state index is 13.0. The Labute approximate surface area is 167 Å². The van der Waals surface area contributed by atoms with E-state index in [0.29, 0.717) is 25.5 Å². The molecule has 2 aromatic carbocycles. The van der Waals surface area contributed by atoms with Gasteiger partial charge in [-0.15, -0.1) is 11.3 Å². The summed E-state index contributed by atoms with van der Waals surface area (Å²) in [7, 11) is 0. The van der Waals surface area contributed by atoms with E-state index in [0.717, 1.165) is 22.1 Å². The fourth-order valence-electron chi connectivity index (χ4n) is 2.50. The van der Waals surface area contributed by atoms with E-state index in [9.17, 15) is 9.18 Å². The van der Waals surface area contributed by atoms with Crippen molar-refractivity contribution in [2.24, 2.45) is 0 Å². The predicted molar refractivity (Wildman–Crippen MR) is 107 cm³/mol. The SMILES string of the molecule is CCOc1ccc(OCCNC(=O)Cc2csc(-c3ccc(F)cc3)n2)cc1. The number of hydrogen-bond donors (Lipinski definition) is 1. The van der Waals surface area contributed by atoms with Gasteiger partial charge in [-0.3, -0.25) is 4.79 Å². The van der Waals surface area contributed by atoms with Crippen LogP contribution in [0, 0.1) is 5.82 Å². The van der Waals surface area contributed by atoms with Crippen LogP contribution in [0.1, 0.15) is 12.6 Å². The number of rotatable bonds is 9. The minimum absolute atomic E-state index is 0.119. The number of carbonyl (C=O) groups excluding carboxylic acids is 1. The molecule has 1 aromatic heterocycles. The van der Waals surface area contributed by atoms with Crippen LogP contribution in [0.2, 0.25) is 0 Å². The van der Waals surface area contributed by atoms with E-state index >= 15 is 0 Å². The van der Waals surface area contributed by atoms with E-state index in [-0.39, 0.29) is 18.1 Å². The van der Waals surface area contributed by atoms with Crippen LogP contribution in [0.3, 0.4) is 0 Å². The number of halogens is 1. The van der Waals surface area contributed by atoms with Gasteiger partial charge in [0.15, 0.2) is 0 Å². The van der Waals surface area contributed by atoms with Gasteiger partial charge in [0.1, 0.15) is 28.9 Å². The summed E-state index contributed by atoms with van der Waals surface area (Å²) in [5.74, 6) is 1.12. The molecule has 7 heteroatoms. The van der Waals surface area contributed by atoms with Gasteiger partial charge in [-0.2, -0.15) is 0 Å². The summed E-state index contributed by atoms with van der Waals surface area (Å²) < 4.78 is 24.0. The third-order valence-electron chi connectivity index (χ3n) is 3.81. The standard InChI is InChI=1S/C21H21FN2O3S/c1-2-26-18-7-9-19(10-8-18)27-12-11-23-20(25)13-17-14-28-21(24-17)15-3-5-16(22)6-4-15/h3-10,14H,2,11-13H2,1H3,(H,23,25). The molecular formula is C21H21FN2O3S. The number of amides is 1. The van der Waals surface area contributed by atoms with Crippen molar-refractivity contribution in [1.82, 2.24) is 10.3 Å². The molecule has 1 N–H and O–H groups in total. The molecule has 3 rings (SSSR count). The topological polar surface area (TPSA) is 60.5 Å². The first-order valence-corrected chi connectivity index (χ1v) is 9.84. The van der Waals surface area contributed by atoms with E-state index in [1.165, 1.54) is 23.5 Å². The van der Waals surface area contributed by atoms with Gasteiger partial charge in [0.05, 0.1) is 25.3 Å². The van der Waals surface area contributed by atoms with Crippen LogP contribution in [0.4, 0.5) is 4.39 Å². The van der Waals surface area contributed by atoms with Gasteiger partial charge < -0.3 is 14.8 Å². The first kappa shape index (κ1) is 19.8. The molecule has 0 bridgehead atoms. The van der Waals surface area contributed by atoms with Crippen LogP contribution in [0.5, 0.6) is 11.5 Å². The van der Waals surface area contributed by atoms with Crippen LogP contribution >= 0.6 is 11.3 Å². The van der Waals surface area contributed by atoms with Crippen molar-refractivity contribution in [2.75, 3.05) is 19.8 Å². The molecule has 0 unspecified atom stereocenters. The van der Waals surface area contributed by atoms with Gasteiger partial charge in [-0.1, -0.05) is 0 Å². The van der Waals surface area contributed by atoms with E-state index in [2.05, 4.69) is 10.3 Å². The highest BCUT2D eigenvalue weighted by atomic mass is 32.1. The van der Waals surface area contributed by atoms with Gasteiger partial charge in [-0.25, -0.2) is 9.37 Å². The molecule has 0 aliphatic rings. The zero-order chi connectivity index (χ0) is 19.8. The lowest BCUT2D eigenvalue weighted by Crippen LogP contribution is -2.29. The number of aromatic nitrogens is 1. The number of hydrogen-bond acceptors (Lipinski definition) is 5. The number of nitrogens with zero attached hydrogens (tertiary/aromatic N) is 1. The largest absolute Gasteiger partial charge is 0.494 e. The second kappa shape index (κ2) is 9.85. The van der Waals surface area contributed by atoms with Crippen LogP contribution in [-0.4, -0.2) is 30.6 Å². The van der Waals surface area contributed by atoms with Gasteiger partial charge >= 0.3 is 0 Å². The highest BCUT2D eigenvalue weighted by molar-refractivity contribution is 7.13. The first-order chi connectivity index (χ1) is 13.6. The zero-order valence-electron chi connectivity index (χ0n) is 15.5. The summed E-state index contributed by atoms with van der Waals surface area (Å²) in [6.07, 6.45) is 0.195. The molecule has 146 valence electrons. The Balaban J connectivity index is 1.40. The Morgan fingerprint density at radius 2 is 1.75 bits per heavy atom. The third kappa shape index (κ3) is 5.79. The fourth-order valence-corrected chi connectivity index (χ4v) is 3.32. The van der Waals surface area contributed by atoms with Gasteiger partial charge in [0, 0.05) is 10.9 Å². The van der Waals surface area contributed by atoms with E-state index in [1.807, 2.05) is 36.6 Å². The maximum atomic E-state index is 13.0. The Kier molecular flexibility index (Phi) is 6.97. The third-order valence-corrected chi connectivity index (χ3v) is 4.75. The molecule has 28 heavy (non-hydrogen) atoms. The average molecular weight is 400 g/mol. The molecule has 0 fully saturated rings. The quantitative estimate of drug-likeness (QED) is 0.550. The molecular weight excluding hydrogens is 379 g/mol. The molecule has 1 heterocycles. The number of ether oxygens (including phenoxy) is 2. The van der Waals surface area contributed by atoms with E-state index < -0.39 is 0 Å². The molecule has 0 saturated heterocycles. The van der Waals surface area contributed by atoms with E-state index in [1.54, 1.807) is 12.1 Å². The van der Waals surface area contributed by atoms with Crippen LogP contribution in [0.25, 0.3) is 10.6 Å². The molecule has 0 aliphatic heterocycles. The van der Waals surface area contributed by atoms with Crippen molar-refractivity contribution in [3.8, 4) is 22.1 Å². The van der Waals surface area contributed by atoms with Gasteiger partial charge in [-0.05, 0) is 55.5 Å². The molecule has 1 amide bonds. The molecule has 0 spiro atoms. The predicted octanol–water partition coefficient (Wildman–Crippen LogP) is 4.09. The molecule has 5 nitrogen and oxygen atoms in total. The molecule has 0 radical (unpaired) electrons. The van der Waals surface area contributed by atoms with Crippen molar-refractivity contribution in [3.05, 3.63) is 65.4 Å². The smallest absolute Gasteiger partial charge is 0.226 e. The summed E-state index contributed by atoms with van der Waals surface area (Å²) in [5, 5.41) is 5.42. The molecule has 0 saturated carbocycles. The Bertz CT molecular complexity index is 895. The monoisotopic (exact) mass is 400 g/mol. The number of thiazole rings is 1. The Morgan fingerprint density at radius 1 is 1.07 bits per heavy atom. The van der Waals surface area contributed by atoms with Gasteiger partial charge in [0.25, 0.3) is 0 Å². The van der Waals surface area contributed by atoms with E-state index in [4.69, 9.17) is 9.47 Å². The maximum Gasteiger partial charge on any atom is 0.226 e. The minimum Gasteiger partial charge on any atom is -0.494 e. The normalized spacial score (nSPS) is 10.5. The van der Waals surface area contributed by atoms with Crippen LogP contribution in [-0.2, 0) is 11.2 Å². The highest BCUT2D eigenvalue weighted by Gasteiger charge is 2.09. The van der Waals surface area contributed by atoms with Crippen LogP contribution < -0.4 is 14.8 Å². The van der Waals surface area contributed by atoms with Gasteiger partial charge in [0.2, 0.25) is 5.91 Å². The molecule has 0 aliphatic carbocycles. The lowest BCUT2D eigenvalue weighted by Gasteiger charge is -2.08. The second-order valence-electron chi connectivity index (χ2n) is 5.93. The van der Waals surface area contributed by atoms with Crippen molar-refractivity contribution in [3.63, 3.8) is 0 Å². The number of nitrogens with one attached hydrogen (secondary N) is 1. The summed E-state index contributed by atoms with van der Waals surface area (Å²) in [6.45, 7) is 3.33. The average Bonchev–Trinajstić information content (AvgIpc) is 3.15. The fraction of sp³-hybridized carbons (Fsp3) is 0.238. The Hall–Kier alpha value is -2.93. The first-order valence-electron chi connectivity index (χ1n) is 8.96. The molecule has 0 atom stereocenters. The highest BCUT2D eigenvalue weighted by Crippen LogP contribution is 2.24. The second-order valence-corrected chi connectivity index (χ2v) is 6.79. The summed E-state index contributed by atoms with van der Waals surface area (Å²) in [6, 6.07) is 13.5. The lowest BCUT2D eigenvalue weighted by molar-refractivity contribution is -0.120. The Morgan fingerprint density at radius 3 is 2.43 bits per heavy atom. The number of benzene rings is 2. The molecule has 3 aromatic rings. The van der Waals surface area contributed by atoms with Crippen molar-refractivity contribution in [1.29, 1.82) is 0 Å². The van der Waals surface area contributed by atoms with Crippen molar-refractivity contribution in [2.45, 2.75) is 13.3 Å². The summed E-state index contributed by atoms with van der Waals surface area (Å²) in [4.78, 5) is 16.5. The zero-order valence-corrected chi connectivity index (χ0v) is 16.3. The van der Waals surface area contributed by atoms with Crippen molar-refractivity contribution < 1.29 is 18.7 Å². The van der Waals surface area contributed by atoms with Crippen LogP contribution in [0.15, 0.2) is 53.9 Å². The summed E-state index contributed by atoms with van der Waals surface area (Å²) >= 11 is 1.43. The summed E-state index contributed by atoms with van der Waals surface area (Å²) in [5.41, 5.74) is 1.52. The lowest BCUT2D eigenvalue weighted by atomic mass is 10.2.